The first kappa shape index (κ1) is 14.8. The molecule has 112 valence electrons. The predicted molar refractivity (Wildman–Crippen MR) is 76.6 cm³/mol. The van der Waals surface area contributed by atoms with E-state index in [-0.39, 0.29) is 30.4 Å². The second-order valence-corrected chi connectivity index (χ2v) is 4.67. The number of rotatable bonds is 2. The van der Waals surface area contributed by atoms with Gasteiger partial charge in [-0.25, -0.2) is 0 Å². The molecular formula is C13H22N4O3. The summed E-state index contributed by atoms with van der Waals surface area (Å²) in [6.45, 7) is 4.74. The predicted octanol–water partition coefficient (Wildman–Crippen LogP) is 0.238. The van der Waals surface area contributed by atoms with Crippen molar-refractivity contribution in [3.05, 3.63) is 15.9 Å². The van der Waals surface area contributed by atoms with Crippen LogP contribution >= 0.6 is 0 Å². The van der Waals surface area contributed by atoms with Gasteiger partial charge in [-0.1, -0.05) is 13.8 Å². The molecular weight excluding hydrogens is 260 g/mol. The lowest BCUT2D eigenvalue weighted by atomic mass is 10.2. The van der Waals surface area contributed by atoms with E-state index in [1.54, 1.807) is 0 Å². The van der Waals surface area contributed by atoms with E-state index in [0.717, 1.165) is 12.8 Å². The van der Waals surface area contributed by atoms with Crippen molar-refractivity contribution in [2.75, 3.05) is 23.8 Å². The number of aromatic amines is 1. The maximum Gasteiger partial charge on any atom is 0.257 e. The number of fused-ring (bicyclic) bond motifs is 1. The van der Waals surface area contributed by atoms with Crippen LogP contribution in [0, 0.1) is 0 Å². The van der Waals surface area contributed by atoms with Gasteiger partial charge in [0.15, 0.2) is 0 Å². The van der Waals surface area contributed by atoms with Crippen molar-refractivity contribution in [3.8, 4) is 0 Å². The Balaban J connectivity index is 0.000000704. The Bertz CT molecular complexity index is 517. The van der Waals surface area contributed by atoms with Crippen molar-refractivity contribution >= 4 is 11.8 Å². The molecule has 0 aliphatic carbocycles. The third-order valence-electron chi connectivity index (χ3n) is 3.52. The summed E-state index contributed by atoms with van der Waals surface area (Å²) in [5.74, 6) is 0.752. The summed E-state index contributed by atoms with van der Waals surface area (Å²) in [6.07, 6.45) is 2.09. The quantitative estimate of drug-likeness (QED) is 0.717. The maximum atomic E-state index is 11.7. The van der Waals surface area contributed by atoms with Crippen LogP contribution in [-0.4, -0.2) is 40.6 Å². The highest BCUT2D eigenvalue weighted by Gasteiger charge is 2.35. The van der Waals surface area contributed by atoms with Gasteiger partial charge >= 0.3 is 0 Å². The molecule has 0 bridgehead atoms. The van der Waals surface area contributed by atoms with Crippen molar-refractivity contribution in [1.29, 1.82) is 0 Å². The van der Waals surface area contributed by atoms with E-state index in [9.17, 15) is 4.79 Å². The van der Waals surface area contributed by atoms with E-state index in [0.29, 0.717) is 24.3 Å². The van der Waals surface area contributed by atoms with Gasteiger partial charge in [-0.3, -0.25) is 9.78 Å². The number of hydrogen-bond acceptors (Lipinski definition) is 6. The van der Waals surface area contributed by atoms with Crippen LogP contribution in [0.25, 0.3) is 0 Å². The summed E-state index contributed by atoms with van der Waals surface area (Å²) in [4.78, 5) is 20.4. The number of H-pyrrole nitrogens is 1. The first-order chi connectivity index (χ1) is 9.69. The fourth-order valence-corrected chi connectivity index (χ4v) is 2.63. The van der Waals surface area contributed by atoms with Crippen molar-refractivity contribution < 1.29 is 9.84 Å². The maximum absolute atomic E-state index is 11.7. The summed E-state index contributed by atoms with van der Waals surface area (Å²) in [5.41, 5.74) is 6.07. The van der Waals surface area contributed by atoms with Crippen LogP contribution in [0.15, 0.2) is 4.79 Å². The highest BCUT2D eigenvalue weighted by Crippen LogP contribution is 2.31. The average molecular weight is 282 g/mol. The monoisotopic (exact) mass is 282 g/mol. The van der Waals surface area contributed by atoms with Gasteiger partial charge in [0.25, 0.3) is 5.56 Å². The van der Waals surface area contributed by atoms with Crippen LogP contribution in [0.5, 0.6) is 0 Å². The fraction of sp³-hybridized carbons (Fsp3) is 0.692. The minimum Gasteiger partial charge on any atom is -0.394 e. The zero-order valence-corrected chi connectivity index (χ0v) is 11.9. The number of aromatic nitrogens is 2. The topological polar surface area (TPSA) is 104 Å². The first-order valence-electron chi connectivity index (χ1n) is 7.10. The molecule has 0 saturated carbocycles. The van der Waals surface area contributed by atoms with Gasteiger partial charge in [0.05, 0.1) is 18.3 Å². The Labute approximate surface area is 117 Å². The molecule has 7 heteroatoms. The van der Waals surface area contributed by atoms with Crippen LogP contribution in [0.1, 0.15) is 32.3 Å². The third-order valence-corrected chi connectivity index (χ3v) is 3.52. The molecule has 1 aromatic rings. The van der Waals surface area contributed by atoms with E-state index in [1.165, 1.54) is 0 Å². The summed E-state index contributed by atoms with van der Waals surface area (Å²) in [6, 6.07) is 0. The number of aliphatic hydroxyl groups is 1. The Morgan fingerprint density at radius 2 is 2.25 bits per heavy atom. The molecule has 0 amide bonds. The molecule has 2 aliphatic rings. The van der Waals surface area contributed by atoms with Crippen LogP contribution in [0.3, 0.4) is 0 Å². The largest absolute Gasteiger partial charge is 0.394 e. The number of ether oxygens (including phenoxy) is 1. The Kier molecular flexibility index (Phi) is 4.61. The van der Waals surface area contributed by atoms with Crippen molar-refractivity contribution in [2.45, 2.75) is 45.4 Å². The van der Waals surface area contributed by atoms with Crippen LogP contribution in [0.2, 0.25) is 0 Å². The molecule has 3 heterocycles. The Morgan fingerprint density at radius 3 is 2.90 bits per heavy atom. The normalized spacial score (nSPS) is 24.2. The van der Waals surface area contributed by atoms with Gasteiger partial charge < -0.3 is 20.5 Å². The lowest BCUT2D eigenvalue weighted by Gasteiger charge is -2.25. The first-order valence-corrected chi connectivity index (χ1v) is 7.10. The van der Waals surface area contributed by atoms with Crippen molar-refractivity contribution in [2.24, 2.45) is 0 Å². The second-order valence-electron chi connectivity index (χ2n) is 4.67. The molecule has 2 aliphatic heterocycles. The Morgan fingerprint density at radius 1 is 1.50 bits per heavy atom. The lowest BCUT2D eigenvalue weighted by molar-refractivity contribution is 0.0112. The van der Waals surface area contributed by atoms with Crippen LogP contribution in [-0.2, 0) is 11.2 Å². The van der Waals surface area contributed by atoms with E-state index in [4.69, 9.17) is 15.6 Å². The van der Waals surface area contributed by atoms with Gasteiger partial charge in [-0.15, -0.1) is 0 Å². The summed E-state index contributed by atoms with van der Waals surface area (Å²) in [7, 11) is 0. The van der Waals surface area contributed by atoms with Gasteiger partial charge in [0, 0.05) is 6.54 Å². The highest BCUT2D eigenvalue weighted by atomic mass is 16.5. The molecule has 0 radical (unpaired) electrons. The van der Waals surface area contributed by atoms with E-state index in [2.05, 4.69) is 9.97 Å². The number of anilines is 2. The van der Waals surface area contributed by atoms with E-state index in [1.807, 2.05) is 18.7 Å². The van der Waals surface area contributed by atoms with Crippen LogP contribution < -0.4 is 16.2 Å². The average Bonchev–Trinajstić information content (AvgIpc) is 3.06. The number of hydrogen-bond donors (Lipinski definition) is 3. The SMILES string of the molecule is CC.Nc1nc2c(c(=O)[nH]1)CCN2C1CCC(CO)O1. The molecule has 2 unspecified atom stereocenters. The molecule has 4 N–H and O–H groups in total. The summed E-state index contributed by atoms with van der Waals surface area (Å²) >= 11 is 0. The highest BCUT2D eigenvalue weighted by molar-refractivity contribution is 5.53. The molecule has 1 saturated heterocycles. The second kappa shape index (κ2) is 6.23. The summed E-state index contributed by atoms with van der Waals surface area (Å²) < 4.78 is 5.71. The zero-order valence-electron chi connectivity index (χ0n) is 11.9. The minimum atomic E-state index is -0.170. The van der Waals surface area contributed by atoms with E-state index >= 15 is 0 Å². The van der Waals surface area contributed by atoms with Crippen LogP contribution in [0.4, 0.5) is 11.8 Å². The van der Waals surface area contributed by atoms with Crippen molar-refractivity contribution in [1.82, 2.24) is 9.97 Å². The van der Waals surface area contributed by atoms with E-state index < -0.39 is 0 Å². The molecule has 7 nitrogen and oxygen atoms in total. The minimum absolute atomic E-state index is 0.0299. The van der Waals surface area contributed by atoms with Gasteiger partial charge in [-0.05, 0) is 19.3 Å². The standard InChI is InChI=1S/C11H16N4O3.C2H6/c12-11-13-9-7(10(17)14-11)3-4-15(9)8-2-1-6(5-16)18-8;1-2/h6,8,16H,1-5H2,(H3,12,13,14,17);1-2H3. The van der Waals surface area contributed by atoms with Crippen molar-refractivity contribution in [3.63, 3.8) is 0 Å². The molecule has 3 rings (SSSR count). The smallest absolute Gasteiger partial charge is 0.257 e. The fourth-order valence-electron chi connectivity index (χ4n) is 2.63. The summed E-state index contributed by atoms with van der Waals surface area (Å²) in [5, 5.41) is 9.08. The van der Waals surface area contributed by atoms with Gasteiger partial charge in [-0.2, -0.15) is 4.98 Å². The van der Waals surface area contributed by atoms with Gasteiger partial charge in [0.1, 0.15) is 12.0 Å². The Hall–Kier alpha value is -1.60. The molecule has 1 aromatic heterocycles. The molecule has 0 spiro atoms. The molecule has 2 atom stereocenters. The zero-order chi connectivity index (χ0) is 14.7. The number of aliphatic hydroxyl groups excluding tert-OH is 1. The molecule has 1 fully saturated rings. The number of nitrogens with two attached hydrogens (primary N) is 1. The number of nitrogens with zero attached hydrogens (tertiary/aromatic N) is 2. The van der Waals surface area contributed by atoms with Gasteiger partial charge in [0.2, 0.25) is 5.95 Å². The third kappa shape index (κ3) is 2.64. The molecule has 20 heavy (non-hydrogen) atoms. The lowest BCUT2D eigenvalue weighted by Crippen LogP contribution is -2.35. The number of nitrogens with one attached hydrogen (secondary N) is 1. The number of nitrogen functional groups attached to an aromatic ring is 1. The molecule has 0 aromatic carbocycles.